The molecule has 0 radical (unpaired) electrons. The van der Waals surface area contributed by atoms with E-state index in [1.165, 1.54) is 0 Å². The van der Waals surface area contributed by atoms with E-state index in [0.717, 1.165) is 32.1 Å². The van der Waals surface area contributed by atoms with Gasteiger partial charge in [0.15, 0.2) is 0 Å². The Kier molecular flexibility index (Phi) is 7.24. The van der Waals surface area contributed by atoms with Gasteiger partial charge in [-0.05, 0) is 12.7 Å². The molecule has 0 amide bonds. The first-order valence-electron chi connectivity index (χ1n) is 3.44. The van der Waals surface area contributed by atoms with Crippen LogP contribution in [0.1, 0.15) is 13.3 Å². The van der Waals surface area contributed by atoms with Gasteiger partial charge < -0.3 is 4.52 Å². The van der Waals surface area contributed by atoms with Crippen molar-refractivity contribution >= 4 is 46.6 Å². The van der Waals surface area contributed by atoms with E-state index in [-0.39, 0.29) is 5.41 Å². The quantitative estimate of drug-likeness (QED) is 0.539. The van der Waals surface area contributed by atoms with Crippen molar-refractivity contribution in [1.29, 1.82) is 0 Å². The first-order valence-corrected chi connectivity index (χ1v) is 6.68. The molecule has 0 N–H and O–H groups in total. The van der Waals surface area contributed by atoms with Gasteiger partial charge in [-0.25, -0.2) is 0 Å². The van der Waals surface area contributed by atoms with Gasteiger partial charge in [-0.3, -0.25) is 0 Å². The predicted molar refractivity (Wildman–Crippen MR) is 60.3 cm³/mol. The van der Waals surface area contributed by atoms with E-state index in [9.17, 15) is 0 Å². The number of alkyl halides is 2. The molecule has 0 aromatic heterocycles. The van der Waals surface area contributed by atoms with Crippen LogP contribution in [-0.2, 0) is 4.52 Å². The molecule has 4 heteroatoms. The molecule has 0 aliphatic carbocycles. The molecule has 0 heterocycles. The van der Waals surface area contributed by atoms with Crippen molar-refractivity contribution < 1.29 is 4.52 Å². The van der Waals surface area contributed by atoms with Crippen LogP contribution in [0.4, 0.5) is 0 Å². The Morgan fingerprint density at radius 3 is 2.27 bits per heavy atom. The lowest BCUT2D eigenvalue weighted by Crippen LogP contribution is -2.28. The fraction of sp³-hybridized carbons (Fsp3) is 0.857. The second kappa shape index (κ2) is 6.59. The summed E-state index contributed by atoms with van der Waals surface area (Å²) in [5.74, 6) is 0. The lowest BCUT2D eigenvalue weighted by molar-refractivity contribution is 0.211. The maximum atomic E-state index is 5.27. The molecule has 0 aromatic carbocycles. The summed E-state index contributed by atoms with van der Waals surface area (Å²) in [6, 6.07) is 0. The molecule has 0 aliphatic rings. The molecule has 0 saturated heterocycles. The van der Waals surface area contributed by atoms with Crippen molar-refractivity contribution in [2.75, 3.05) is 17.3 Å². The van der Waals surface area contributed by atoms with Crippen molar-refractivity contribution in [2.24, 2.45) is 5.41 Å². The third-order valence-electron chi connectivity index (χ3n) is 1.78. The molecule has 66 valence electrons. The third-order valence-corrected chi connectivity index (χ3v) is 4.47. The second-order valence-electron chi connectivity index (χ2n) is 2.52. The molecule has 0 rings (SSSR count). The summed E-state index contributed by atoms with van der Waals surface area (Å²) in [6.07, 6.45) is 4.72. The zero-order valence-corrected chi connectivity index (χ0v) is 10.7. The standard InChI is InChI=1S/C7H13Br2OP/c1-3-7(4-8,5-9)6-10-11-2/h2-6H2,1H3. The van der Waals surface area contributed by atoms with Crippen molar-refractivity contribution in [2.45, 2.75) is 13.3 Å². The summed E-state index contributed by atoms with van der Waals surface area (Å²) in [4.78, 5) is 0. The number of halogens is 2. The summed E-state index contributed by atoms with van der Waals surface area (Å²) in [5, 5.41) is 1.94. The topological polar surface area (TPSA) is 9.23 Å². The summed E-state index contributed by atoms with van der Waals surface area (Å²) < 4.78 is 5.27. The van der Waals surface area contributed by atoms with Crippen molar-refractivity contribution in [3.63, 3.8) is 0 Å². The van der Waals surface area contributed by atoms with Gasteiger partial charge in [0.05, 0.1) is 6.61 Å². The lowest BCUT2D eigenvalue weighted by atomic mass is 9.92. The highest BCUT2D eigenvalue weighted by molar-refractivity contribution is 9.09. The van der Waals surface area contributed by atoms with Gasteiger partial charge in [0.2, 0.25) is 0 Å². The monoisotopic (exact) mass is 302 g/mol. The Morgan fingerprint density at radius 2 is 2.00 bits per heavy atom. The van der Waals surface area contributed by atoms with E-state index in [2.05, 4.69) is 45.1 Å². The second-order valence-corrected chi connectivity index (χ2v) is 4.16. The maximum absolute atomic E-state index is 5.27. The minimum atomic E-state index is 0.241. The molecule has 0 unspecified atom stereocenters. The van der Waals surface area contributed by atoms with E-state index in [1.807, 2.05) is 0 Å². The van der Waals surface area contributed by atoms with Gasteiger partial charge in [-0.1, -0.05) is 38.8 Å². The molecule has 0 saturated carbocycles. The number of hydrogen-bond acceptors (Lipinski definition) is 1. The average molecular weight is 304 g/mol. The highest BCUT2D eigenvalue weighted by atomic mass is 79.9. The van der Waals surface area contributed by atoms with Crippen LogP contribution >= 0.6 is 40.3 Å². The van der Waals surface area contributed by atoms with E-state index in [0.29, 0.717) is 0 Å². The molecule has 0 fully saturated rings. The van der Waals surface area contributed by atoms with E-state index in [1.54, 1.807) is 0 Å². The molecule has 1 nitrogen and oxygen atoms in total. The highest BCUT2D eigenvalue weighted by Crippen LogP contribution is 2.28. The molecule has 11 heavy (non-hydrogen) atoms. The SMILES string of the molecule is C=POCC(CC)(CBr)CBr. The van der Waals surface area contributed by atoms with Crippen LogP contribution < -0.4 is 0 Å². The minimum absolute atomic E-state index is 0.241. The molecule has 0 bridgehead atoms. The average Bonchev–Trinajstić information content (AvgIpc) is 2.08. The Labute approximate surface area is 87.0 Å². The fourth-order valence-electron chi connectivity index (χ4n) is 0.586. The van der Waals surface area contributed by atoms with Crippen LogP contribution in [-0.4, -0.2) is 23.6 Å². The predicted octanol–water partition coefficient (Wildman–Crippen LogP) is 3.48. The van der Waals surface area contributed by atoms with E-state index >= 15 is 0 Å². The van der Waals surface area contributed by atoms with Crippen molar-refractivity contribution in [1.82, 2.24) is 0 Å². The molecule has 0 spiro atoms. The van der Waals surface area contributed by atoms with Crippen LogP contribution in [0.3, 0.4) is 0 Å². The van der Waals surface area contributed by atoms with E-state index < -0.39 is 0 Å². The summed E-state index contributed by atoms with van der Waals surface area (Å²) in [5.41, 5.74) is 0.241. The van der Waals surface area contributed by atoms with Gasteiger partial charge in [-0.15, -0.1) is 0 Å². The highest BCUT2D eigenvalue weighted by Gasteiger charge is 2.25. The Hall–Kier alpha value is 1.09. The summed E-state index contributed by atoms with van der Waals surface area (Å²) in [6.45, 7) is 2.94. The van der Waals surface area contributed by atoms with Gasteiger partial charge in [0.25, 0.3) is 0 Å². The number of hydrogen-bond donors (Lipinski definition) is 0. The largest absolute Gasteiger partial charge is 0.326 e. The molecule has 0 aromatic rings. The maximum Gasteiger partial charge on any atom is 0.0647 e. The molecular weight excluding hydrogens is 291 g/mol. The van der Waals surface area contributed by atoms with Crippen LogP contribution in [0.5, 0.6) is 0 Å². The van der Waals surface area contributed by atoms with Gasteiger partial charge >= 0.3 is 0 Å². The smallest absolute Gasteiger partial charge is 0.0647 e. The van der Waals surface area contributed by atoms with Gasteiger partial charge in [0, 0.05) is 24.5 Å². The molecular formula is C7H13Br2OP. The van der Waals surface area contributed by atoms with Crippen LogP contribution in [0, 0.1) is 5.41 Å². The zero-order valence-electron chi connectivity index (χ0n) is 6.65. The van der Waals surface area contributed by atoms with Gasteiger partial charge in [-0.2, -0.15) is 0 Å². The molecule has 0 atom stereocenters. The number of rotatable bonds is 6. The van der Waals surface area contributed by atoms with Crippen molar-refractivity contribution in [3.05, 3.63) is 0 Å². The Morgan fingerprint density at radius 1 is 1.45 bits per heavy atom. The Bertz CT molecular complexity index is 107. The van der Waals surface area contributed by atoms with Crippen LogP contribution in [0.15, 0.2) is 0 Å². The molecule has 0 aliphatic heterocycles. The van der Waals surface area contributed by atoms with Gasteiger partial charge in [0.1, 0.15) is 0 Å². The minimum Gasteiger partial charge on any atom is -0.326 e. The zero-order chi connectivity index (χ0) is 8.74. The van der Waals surface area contributed by atoms with E-state index in [4.69, 9.17) is 4.52 Å². The summed E-state index contributed by atoms with van der Waals surface area (Å²) >= 11 is 6.98. The summed E-state index contributed by atoms with van der Waals surface area (Å²) in [7, 11) is 0.766. The first kappa shape index (κ1) is 12.1. The fourth-order valence-corrected chi connectivity index (χ4v) is 3.00. The lowest BCUT2D eigenvalue weighted by Gasteiger charge is -2.26. The Balaban J connectivity index is 3.93. The van der Waals surface area contributed by atoms with Crippen molar-refractivity contribution in [3.8, 4) is 0 Å². The van der Waals surface area contributed by atoms with Crippen LogP contribution in [0.25, 0.3) is 0 Å². The third kappa shape index (κ3) is 4.02. The van der Waals surface area contributed by atoms with Crippen LogP contribution in [0.2, 0.25) is 0 Å². The normalized spacial score (nSPS) is 12.3. The first-order chi connectivity index (χ1) is 5.24.